The van der Waals surface area contributed by atoms with Crippen LogP contribution in [-0.4, -0.2) is 7.05 Å². The second-order valence-corrected chi connectivity index (χ2v) is 5.87. The van der Waals surface area contributed by atoms with Gasteiger partial charge in [0.2, 0.25) is 0 Å². The van der Waals surface area contributed by atoms with Crippen LogP contribution in [0.5, 0.6) is 0 Å². The van der Waals surface area contributed by atoms with Crippen LogP contribution in [-0.2, 0) is 11.9 Å². The molecule has 4 heteroatoms. The molecule has 2 aromatic carbocycles. The maximum Gasteiger partial charge on any atom is 0.123 e. The Morgan fingerprint density at radius 2 is 1.95 bits per heavy atom. The third-order valence-electron chi connectivity index (χ3n) is 2.91. The lowest BCUT2D eigenvalue weighted by Crippen LogP contribution is -2.17. The summed E-state index contributed by atoms with van der Waals surface area (Å²) in [4.78, 5) is 2.12. The van der Waals surface area contributed by atoms with Crippen LogP contribution < -0.4 is 4.90 Å². The predicted octanol–water partition coefficient (Wildman–Crippen LogP) is 5.12. The van der Waals surface area contributed by atoms with Gasteiger partial charge in [0, 0.05) is 29.1 Å². The predicted molar refractivity (Wildman–Crippen MR) is 85.3 cm³/mol. The summed E-state index contributed by atoms with van der Waals surface area (Å²) in [5.74, 6) is -0.194. The number of rotatable bonds is 4. The SMILES string of the molecule is CN(Cc1cccc(F)c1)c1cc(Br)ccc1CBr. The molecule has 0 heterocycles. The lowest BCUT2D eigenvalue weighted by Gasteiger charge is -2.22. The Morgan fingerprint density at radius 1 is 1.16 bits per heavy atom. The number of hydrogen-bond acceptors (Lipinski definition) is 1. The highest BCUT2D eigenvalue weighted by Gasteiger charge is 2.08. The second-order valence-electron chi connectivity index (χ2n) is 4.39. The van der Waals surface area contributed by atoms with Crippen LogP contribution in [0, 0.1) is 5.82 Å². The van der Waals surface area contributed by atoms with E-state index in [1.54, 1.807) is 12.1 Å². The molecule has 1 nitrogen and oxygen atoms in total. The number of hydrogen-bond donors (Lipinski definition) is 0. The van der Waals surface area contributed by atoms with Gasteiger partial charge in [-0.2, -0.15) is 0 Å². The van der Waals surface area contributed by atoms with Crippen molar-refractivity contribution in [3.8, 4) is 0 Å². The van der Waals surface area contributed by atoms with Gasteiger partial charge in [0.15, 0.2) is 0 Å². The molecule has 0 unspecified atom stereocenters. The summed E-state index contributed by atoms with van der Waals surface area (Å²) in [6.45, 7) is 0.675. The minimum Gasteiger partial charge on any atom is -0.370 e. The minimum absolute atomic E-state index is 0.194. The molecule has 0 saturated carbocycles. The number of halogens is 3. The fourth-order valence-corrected chi connectivity index (χ4v) is 2.82. The summed E-state index contributed by atoms with van der Waals surface area (Å²) in [5.41, 5.74) is 3.31. The van der Waals surface area contributed by atoms with E-state index in [4.69, 9.17) is 0 Å². The van der Waals surface area contributed by atoms with Crippen LogP contribution in [0.2, 0.25) is 0 Å². The van der Waals surface area contributed by atoms with Crippen molar-refractivity contribution in [3.05, 3.63) is 63.9 Å². The number of anilines is 1. The summed E-state index contributed by atoms with van der Waals surface area (Å²) < 4.78 is 14.2. The molecule has 0 saturated heterocycles. The van der Waals surface area contributed by atoms with Crippen LogP contribution in [0.3, 0.4) is 0 Å². The molecule has 0 spiro atoms. The van der Waals surface area contributed by atoms with Gasteiger partial charge >= 0.3 is 0 Å². The van der Waals surface area contributed by atoms with Gasteiger partial charge in [-0.05, 0) is 35.4 Å². The van der Waals surface area contributed by atoms with Gasteiger partial charge in [-0.1, -0.05) is 50.1 Å². The molecule has 19 heavy (non-hydrogen) atoms. The number of alkyl halides is 1. The Hall–Kier alpha value is -0.870. The van der Waals surface area contributed by atoms with Gasteiger partial charge in [-0.3, -0.25) is 0 Å². The first-order valence-electron chi connectivity index (χ1n) is 5.90. The first-order chi connectivity index (χ1) is 9.10. The van der Waals surface area contributed by atoms with Gasteiger partial charge in [0.1, 0.15) is 5.82 Å². The highest BCUT2D eigenvalue weighted by Crippen LogP contribution is 2.27. The molecule has 0 aliphatic heterocycles. The molecule has 0 fully saturated rings. The highest BCUT2D eigenvalue weighted by molar-refractivity contribution is 9.10. The summed E-state index contributed by atoms with van der Waals surface area (Å²) >= 11 is 6.99. The molecule has 0 aliphatic rings. The molecule has 0 amide bonds. The van der Waals surface area contributed by atoms with Crippen molar-refractivity contribution < 1.29 is 4.39 Å². The van der Waals surface area contributed by atoms with Crippen LogP contribution >= 0.6 is 31.9 Å². The molecule has 0 bridgehead atoms. The van der Waals surface area contributed by atoms with Crippen molar-refractivity contribution in [1.82, 2.24) is 0 Å². The van der Waals surface area contributed by atoms with E-state index in [0.717, 1.165) is 21.1 Å². The maximum absolute atomic E-state index is 13.2. The van der Waals surface area contributed by atoms with Crippen LogP contribution in [0.15, 0.2) is 46.9 Å². The number of benzene rings is 2. The molecular formula is C15H14Br2FN. The van der Waals surface area contributed by atoms with Crippen LogP contribution in [0.1, 0.15) is 11.1 Å². The van der Waals surface area contributed by atoms with E-state index in [9.17, 15) is 4.39 Å². The average Bonchev–Trinajstić information content (AvgIpc) is 2.38. The van der Waals surface area contributed by atoms with E-state index >= 15 is 0 Å². The number of nitrogens with zero attached hydrogens (tertiary/aromatic N) is 1. The Kier molecular flexibility index (Phi) is 4.99. The van der Waals surface area contributed by atoms with Crippen molar-refractivity contribution in [2.45, 2.75) is 11.9 Å². The molecule has 2 aromatic rings. The van der Waals surface area contributed by atoms with Gasteiger partial charge in [-0.15, -0.1) is 0 Å². The smallest absolute Gasteiger partial charge is 0.123 e. The average molecular weight is 387 g/mol. The lowest BCUT2D eigenvalue weighted by atomic mass is 10.1. The van der Waals surface area contributed by atoms with E-state index in [1.165, 1.54) is 11.6 Å². The molecule has 0 aliphatic carbocycles. The molecule has 100 valence electrons. The summed E-state index contributed by atoms with van der Waals surface area (Å²) in [6.07, 6.45) is 0. The van der Waals surface area contributed by atoms with Gasteiger partial charge in [0.05, 0.1) is 0 Å². The third-order valence-corrected chi connectivity index (χ3v) is 4.01. The van der Waals surface area contributed by atoms with Crippen molar-refractivity contribution in [2.75, 3.05) is 11.9 Å². The zero-order valence-electron chi connectivity index (χ0n) is 10.5. The second kappa shape index (κ2) is 6.53. The van der Waals surface area contributed by atoms with E-state index < -0.39 is 0 Å². The van der Waals surface area contributed by atoms with Crippen LogP contribution in [0.25, 0.3) is 0 Å². The van der Waals surface area contributed by atoms with Crippen molar-refractivity contribution in [1.29, 1.82) is 0 Å². The van der Waals surface area contributed by atoms with E-state index in [-0.39, 0.29) is 5.82 Å². The first-order valence-corrected chi connectivity index (χ1v) is 7.81. The largest absolute Gasteiger partial charge is 0.370 e. The normalized spacial score (nSPS) is 10.5. The topological polar surface area (TPSA) is 3.24 Å². The Morgan fingerprint density at radius 3 is 2.63 bits per heavy atom. The minimum atomic E-state index is -0.194. The van der Waals surface area contributed by atoms with Crippen molar-refractivity contribution in [3.63, 3.8) is 0 Å². The highest BCUT2D eigenvalue weighted by atomic mass is 79.9. The molecule has 0 aromatic heterocycles. The van der Waals surface area contributed by atoms with Gasteiger partial charge < -0.3 is 4.90 Å². The molecule has 0 N–H and O–H groups in total. The van der Waals surface area contributed by atoms with Gasteiger partial charge in [0.25, 0.3) is 0 Å². The molecule has 0 radical (unpaired) electrons. The molecular weight excluding hydrogens is 373 g/mol. The zero-order chi connectivity index (χ0) is 13.8. The summed E-state index contributed by atoms with van der Waals surface area (Å²) in [7, 11) is 2.01. The summed E-state index contributed by atoms with van der Waals surface area (Å²) in [5, 5.41) is 0.795. The standard InChI is InChI=1S/C15H14Br2FN/c1-19(10-11-3-2-4-14(18)7-11)15-8-13(17)6-5-12(15)9-16/h2-8H,9-10H2,1H3. The molecule has 2 rings (SSSR count). The van der Waals surface area contributed by atoms with Gasteiger partial charge in [-0.25, -0.2) is 4.39 Å². The Labute approximate surface area is 129 Å². The molecule has 0 atom stereocenters. The Balaban J connectivity index is 2.24. The van der Waals surface area contributed by atoms with E-state index in [0.29, 0.717) is 6.54 Å². The summed E-state index contributed by atoms with van der Waals surface area (Å²) in [6, 6.07) is 12.9. The lowest BCUT2D eigenvalue weighted by molar-refractivity contribution is 0.625. The Bertz CT molecular complexity index is 572. The monoisotopic (exact) mass is 385 g/mol. The van der Waals surface area contributed by atoms with E-state index in [1.807, 2.05) is 19.2 Å². The van der Waals surface area contributed by atoms with E-state index in [2.05, 4.69) is 48.9 Å². The fraction of sp³-hybridized carbons (Fsp3) is 0.200. The van der Waals surface area contributed by atoms with Crippen molar-refractivity contribution in [2.24, 2.45) is 0 Å². The quantitative estimate of drug-likeness (QED) is 0.659. The first kappa shape index (κ1) is 14.5. The third kappa shape index (κ3) is 3.80. The van der Waals surface area contributed by atoms with Crippen molar-refractivity contribution >= 4 is 37.5 Å². The fourth-order valence-electron chi connectivity index (χ4n) is 2.00. The van der Waals surface area contributed by atoms with Crippen LogP contribution in [0.4, 0.5) is 10.1 Å². The maximum atomic E-state index is 13.2. The zero-order valence-corrected chi connectivity index (χ0v) is 13.7.